The molecule has 1 aromatic carbocycles. The number of imidazole rings is 1. The van der Waals surface area contributed by atoms with Crippen LogP contribution >= 0.6 is 0 Å². The maximum absolute atomic E-state index is 12.4. The minimum absolute atomic E-state index is 0.0441. The van der Waals surface area contributed by atoms with E-state index in [1.165, 1.54) is 4.31 Å². The Kier molecular flexibility index (Phi) is 5.07. The largest absolute Gasteiger partial charge is 0.486 e. The molecular weight excluding hydrogens is 382 g/mol. The zero-order valence-corrected chi connectivity index (χ0v) is 17.1. The molecule has 152 valence electrons. The van der Waals surface area contributed by atoms with Crippen LogP contribution in [0.5, 0.6) is 11.5 Å². The molecule has 4 rings (SSSR count). The number of fused-ring (bicyclic) bond motifs is 1. The van der Waals surface area contributed by atoms with Gasteiger partial charge in [-0.1, -0.05) is 0 Å². The van der Waals surface area contributed by atoms with Gasteiger partial charge < -0.3 is 18.8 Å². The van der Waals surface area contributed by atoms with E-state index in [1.807, 2.05) is 29.8 Å². The number of rotatable bonds is 5. The van der Waals surface area contributed by atoms with Crippen molar-refractivity contribution in [2.75, 3.05) is 46.3 Å². The number of aromatic nitrogens is 2. The highest BCUT2D eigenvalue weighted by Crippen LogP contribution is 2.38. The maximum atomic E-state index is 12.4. The van der Waals surface area contributed by atoms with Gasteiger partial charge >= 0.3 is 0 Å². The molecule has 9 heteroatoms. The first-order valence-electron chi connectivity index (χ1n) is 9.28. The summed E-state index contributed by atoms with van der Waals surface area (Å²) >= 11 is 0. The molecule has 0 radical (unpaired) electrons. The van der Waals surface area contributed by atoms with Crippen molar-refractivity contribution in [3.63, 3.8) is 0 Å². The van der Waals surface area contributed by atoms with E-state index in [1.54, 1.807) is 20.3 Å². The van der Waals surface area contributed by atoms with Crippen molar-refractivity contribution in [3.05, 3.63) is 30.1 Å². The van der Waals surface area contributed by atoms with E-state index in [4.69, 9.17) is 14.2 Å². The molecule has 0 saturated carbocycles. The summed E-state index contributed by atoms with van der Waals surface area (Å²) in [6.07, 6.45) is 3.63. The number of aryl methyl sites for hydroxylation is 1. The van der Waals surface area contributed by atoms with Gasteiger partial charge in [0.1, 0.15) is 19.0 Å². The SMILES string of the molecule is Cc1cc2c(cc1-c1nccn1[C@@H]1COC[C@H]1CS(=O)(=O)N(C)C)OCCO2. The summed E-state index contributed by atoms with van der Waals surface area (Å²) in [6.45, 7) is 3.94. The van der Waals surface area contributed by atoms with Gasteiger partial charge in [0.15, 0.2) is 11.5 Å². The predicted molar refractivity (Wildman–Crippen MR) is 104 cm³/mol. The molecule has 2 atom stereocenters. The summed E-state index contributed by atoms with van der Waals surface area (Å²) in [5, 5.41) is 0. The molecule has 2 aliphatic rings. The van der Waals surface area contributed by atoms with Gasteiger partial charge in [-0.3, -0.25) is 0 Å². The van der Waals surface area contributed by atoms with Gasteiger partial charge in [0.25, 0.3) is 0 Å². The van der Waals surface area contributed by atoms with Crippen LogP contribution in [0, 0.1) is 12.8 Å². The first kappa shape index (κ1) is 19.2. The Morgan fingerprint density at radius 1 is 1.18 bits per heavy atom. The van der Waals surface area contributed by atoms with E-state index in [-0.39, 0.29) is 17.7 Å². The van der Waals surface area contributed by atoms with Crippen LogP contribution in [0.15, 0.2) is 24.5 Å². The third-order valence-corrected chi connectivity index (χ3v) is 7.26. The van der Waals surface area contributed by atoms with Gasteiger partial charge in [-0.15, -0.1) is 0 Å². The number of hydrogen-bond acceptors (Lipinski definition) is 6. The van der Waals surface area contributed by atoms with Crippen LogP contribution in [-0.4, -0.2) is 68.5 Å². The molecule has 0 aliphatic carbocycles. The first-order chi connectivity index (χ1) is 13.4. The van der Waals surface area contributed by atoms with E-state index < -0.39 is 10.0 Å². The summed E-state index contributed by atoms with van der Waals surface area (Å²) in [4.78, 5) is 4.56. The van der Waals surface area contributed by atoms with Gasteiger partial charge in [-0.05, 0) is 24.6 Å². The molecule has 1 aromatic heterocycles. The fourth-order valence-corrected chi connectivity index (χ4v) is 4.85. The zero-order chi connectivity index (χ0) is 19.9. The lowest BCUT2D eigenvalue weighted by atomic mass is 10.0. The molecule has 8 nitrogen and oxygen atoms in total. The summed E-state index contributed by atoms with van der Waals surface area (Å²) in [6, 6.07) is 3.81. The minimum atomic E-state index is -3.32. The second kappa shape index (κ2) is 7.38. The maximum Gasteiger partial charge on any atom is 0.214 e. The molecule has 1 fully saturated rings. The Balaban J connectivity index is 1.68. The highest BCUT2D eigenvalue weighted by molar-refractivity contribution is 7.89. The number of hydrogen-bond donors (Lipinski definition) is 0. The van der Waals surface area contributed by atoms with Crippen molar-refractivity contribution in [1.82, 2.24) is 13.9 Å². The van der Waals surface area contributed by atoms with Crippen LogP contribution in [0.4, 0.5) is 0 Å². The third kappa shape index (κ3) is 3.49. The van der Waals surface area contributed by atoms with E-state index in [0.29, 0.717) is 32.2 Å². The van der Waals surface area contributed by atoms with Crippen LogP contribution in [0.2, 0.25) is 0 Å². The molecule has 2 aromatic rings. The number of benzene rings is 1. The average Bonchev–Trinajstić information content (AvgIpc) is 3.29. The van der Waals surface area contributed by atoms with E-state index in [9.17, 15) is 8.42 Å². The zero-order valence-electron chi connectivity index (χ0n) is 16.3. The van der Waals surface area contributed by atoms with E-state index in [0.717, 1.165) is 22.7 Å². The smallest absolute Gasteiger partial charge is 0.214 e. The molecule has 0 N–H and O–H groups in total. The lowest BCUT2D eigenvalue weighted by Gasteiger charge is -2.24. The van der Waals surface area contributed by atoms with Crippen LogP contribution in [0.1, 0.15) is 11.6 Å². The van der Waals surface area contributed by atoms with Crippen molar-refractivity contribution >= 4 is 10.0 Å². The number of sulfonamides is 1. The van der Waals surface area contributed by atoms with E-state index >= 15 is 0 Å². The molecule has 0 unspecified atom stereocenters. The number of ether oxygens (including phenoxy) is 3. The highest BCUT2D eigenvalue weighted by atomic mass is 32.2. The van der Waals surface area contributed by atoms with Crippen LogP contribution in [-0.2, 0) is 14.8 Å². The Bertz CT molecular complexity index is 970. The predicted octanol–water partition coefficient (Wildman–Crippen LogP) is 1.71. The molecule has 0 bridgehead atoms. The summed E-state index contributed by atoms with van der Waals surface area (Å²) in [7, 11) is -0.207. The summed E-state index contributed by atoms with van der Waals surface area (Å²) in [5.74, 6) is 2.12. The normalized spacial score (nSPS) is 22.0. The molecule has 0 spiro atoms. The molecule has 28 heavy (non-hydrogen) atoms. The number of nitrogens with zero attached hydrogens (tertiary/aromatic N) is 3. The van der Waals surface area contributed by atoms with Crippen molar-refractivity contribution in [2.45, 2.75) is 13.0 Å². The standard InChI is InChI=1S/C19H25N3O5S/c1-13-8-17-18(27-7-6-26-17)9-15(13)19-20-4-5-22(19)16-11-25-10-14(16)12-28(23,24)21(2)3/h4-5,8-9,14,16H,6-7,10-12H2,1-3H3/t14-,16+/m0/s1. The third-order valence-electron chi connectivity index (χ3n) is 5.30. The topological polar surface area (TPSA) is 82.9 Å². The van der Waals surface area contributed by atoms with Crippen molar-refractivity contribution in [2.24, 2.45) is 5.92 Å². The van der Waals surface area contributed by atoms with Crippen molar-refractivity contribution < 1.29 is 22.6 Å². The molecule has 3 heterocycles. The first-order valence-corrected chi connectivity index (χ1v) is 10.9. The monoisotopic (exact) mass is 407 g/mol. The van der Waals surface area contributed by atoms with Crippen LogP contribution in [0.25, 0.3) is 11.4 Å². The van der Waals surface area contributed by atoms with Crippen LogP contribution in [0.3, 0.4) is 0 Å². The lowest BCUT2D eigenvalue weighted by molar-refractivity contribution is 0.171. The average molecular weight is 407 g/mol. The molecule has 0 amide bonds. The summed E-state index contributed by atoms with van der Waals surface area (Å²) in [5.41, 5.74) is 1.96. The van der Waals surface area contributed by atoms with E-state index in [2.05, 4.69) is 4.98 Å². The highest BCUT2D eigenvalue weighted by Gasteiger charge is 2.35. The van der Waals surface area contributed by atoms with Gasteiger partial charge in [-0.2, -0.15) is 0 Å². The Labute approximate surface area is 165 Å². The quantitative estimate of drug-likeness (QED) is 0.750. The fraction of sp³-hybridized carbons (Fsp3) is 0.526. The fourth-order valence-electron chi connectivity index (χ4n) is 3.69. The molecule has 1 saturated heterocycles. The molecular formula is C19H25N3O5S. The van der Waals surface area contributed by atoms with Gasteiger partial charge in [0.2, 0.25) is 10.0 Å². The molecule has 2 aliphatic heterocycles. The second-order valence-corrected chi connectivity index (χ2v) is 9.62. The minimum Gasteiger partial charge on any atom is -0.486 e. The Morgan fingerprint density at radius 2 is 1.89 bits per heavy atom. The lowest BCUT2D eigenvalue weighted by Crippen LogP contribution is -2.32. The second-order valence-electron chi connectivity index (χ2n) is 7.39. The summed E-state index contributed by atoms with van der Waals surface area (Å²) < 4.78 is 45.1. The van der Waals surface area contributed by atoms with Crippen molar-refractivity contribution in [1.29, 1.82) is 0 Å². The van der Waals surface area contributed by atoms with Crippen LogP contribution < -0.4 is 9.47 Å². The Hall–Kier alpha value is -2.10. The van der Waals surface area contributed by atoms with Gasteiger partial charge in [0, 0.05) is 38.0 Å². The van der Waals surface area contributed by atoms with Gasteiger partial charge in [0.05, 0.1) is 25.0 Å². The van der Waals surface area contributed by atoms with Gasteiger partial charge in [-0.25, -0.2) is 17.7 Å². The Morgan fingerprint density at radius 3 is 2.61 bits per heavy atom. The van der Waals surface area contributed by atoms with Crippen molar-refractivity contribution in [3.8, 4) is 22.9 Å².